The van der Waals surface area contributed by atoms with Crippen LogP contribution in [0.5, 0.6) is 0 Å². The Morgan fingerprint density at radius 2 is 1.70 bits per heavy atom. The number of hydrogen-bond acceptors (Lipinski definition) is 3. The monoisotopic (exact) mass is 439 g/mol. The van der Waals surface area contributed by atoms with E-state index in [0.717, 1.165) is 46.1 Å². The van der Waals surface area contributed by atoms with Crippen LogP contribution in [-0.4, -0.2) is 34.8 Å². The van der Waals surface area contributed by atoms with E-state index in [4.69, 9.17) is 10.7 Å². The van der Waals surface area contributed by atoms with Gasteiger partial charge in [0, 0.05) is 24.4 Å². The molecule has 33 heavy (non-hydrogen) atoms. The number of hydrogen-bond donors (Lipinski definition) is 1. The fourth-order valence-corrected chi connectivity index (χ4v) is 5.26. The summed E-state index contributed by atoms with van der Waals surface area (Å²) < 4.78 is 0. The van der Waals surface area contributed by atoms with Gasteiger partial charge in [-0.25, -0.2) is 4.98 Å². The van der Waals surface area contributed by atoms with Crippen molar-refractivity contribution in [1.29, 1.82) is 0 Å². The number of benzene rings is 2. The van der Waals surface area contributed by atoms with E-state index in [0.29, 0.717) is 31.8 Å². The van der Waals surface area contributed by atoms with Crippen LogP contribution in [0.1, 0.15) is 53.4 Å². The Labute approximate surface area is 194 Å². The second-order valence-corrected chi connectivity index (χ2v) is 9.39. The van der Waals surface area contributed by atoms with Crippen molar-refractivity contribution in [3.05, 3.63) is 77.0 Å². The summed E-state index contributed by atoms with van der Waals surface area (Å²) in [5.41, 5.74) is 11.5. The number of rotatable bonds is 3. The lowest BCUT2D eigenvalue weighted by Crippen LogP contribution is -2.42. The minimum Gasteiger partial charge on any atom is -0.369 e. The number of carbonyl (C=O) groups is 2. The van der Waals surface area contributed by atoms with Crippen molar-refractivity contribution >= 4 is 34.4 Å². The van der Waals surface area contributed by atoms with E-state index in [1.807, 2.05) is 47.4 Å². The van der Waals surface area contributed by atoms with Crippen LogP contribution < -0.4 is 5.73 Å². The third-order valence-electron chi connectivity index (χ3n) is 6.96. The normalized spacial score (nSPS) is 20.1. The van der Waals surface area contributed by atoms with Crippen molar-refractivity contribution in [2.45, 2.75) is 32.6 Å². The summed E-state index contributed by atoms with van der Waals surface area (Å²) in [6.45, 7) is 3.35. The van der Waals surface area contributed by atoms with Crippen LogP contribution in [0, 0.1) is 11.8 Å². The van der Waals surface area contributed by atoms with Crippen molar-refractivity contribution in [1.82, 2.24) is 9.88 Å². The van der Waals surface area contributed by atoms with Gasteiger partial charge in [0.05, 0.1) is 16.8 Å². The first-order valence-corrected chi connectivity index (χ1v) is 11.8. The zero-order chi connectivity index (χ0) is 22.9. The SMILES string of the molecule is CC1C/C(=C\c2ccccc2)c2nc3ccccc3c(C(=O)N3CCC(C(N)=O)CC3)c2C1. The summed E-state index contributed by atoms with van der Waals surface area (Å²) in [6, 6.07) is 18.2. The molecule has 1 aliphatic heterocycles. The first-order chi connectivity index (χ1) is 16.0. The summed E-state index contributed by atoms with van der Waals surface area (Å²) >= 11 is 0. The zero-order valence-electron chi connectivity index (χ0n) is 19.0. The average Bonchev–Trinajstić information content (AvgIpc) is 2.83. The minimum atomic E-state index is -0.265. The first-order valence-electron chi connectivity index (χ1n) is 11.8. The maximum absolute atomic E-state index is 13.9. The zero-order valence-corrected chi connectivity index (χ0v) is 19.0. The van der Waals surface area contributed by atoms with Crippen molar-refractivity contribution < 1.29 is 9.59 Å². The number of aromatic nitrogens is 1. The highest BCUT2D eigenvalue weighted by atomic mass is 16.2. The van der Waals surface area contributed by atoms with Crippen molar-refractivity contribution in [2.24, 2.45) is 17.6 Å². The molecule has 1 aliphatic carbocycles. The molecule has 2 N–H and O–H groups in total. The molecule has 2 aliphatic rings. The molecule has 0 bridgehead atoms. The van der Waals surface area contributed by atoms with Crippen molar-refractivity contribution in [2.75, 3.05) is 13.1 Å². The maximum atomic E-state index is 13.9. The Morgan fingerprint density at radius 3 is 2.42 bits per heavy atom. The molecule has 2 amide bonds. The van der Waals surface area contributed by atoms with Crippen LogP contribution in [0.4, 0.5) is 0 Å². The quantitative estimate of drug-likeness (QED) is 0.643. The van der Waals surface area contributed by atoms with E-state index in [2.05, 4.69) is 25.1 Å². The molecule has 1 fully saturated rings. The van der Waals surface area contributed by atoms with Gasteiger partial charge in [-0.1, -0.05) is 55.5 Å². The maximum Gasteiger partial charge on any atom is 0.254 e. The minimum absolute atomic E-state index is 0.0425. The summed E-state index contributed by atoms with van der Waals surface area (Å²) in [5.74, 6) is 0.0550. The lowest BCUT2D eigenvalue weighted by molar-refractivity contribution is -0.123. The molecule has 5 nitrogen and oxygen atoms in total. The number of allylic oxidation sites excluding steroid dienone is 1. The predicted octanol–water partition coefficient (Wildman–Crippen LogP) is 4.70. The molecule has 0 saturated carbocycles. The second-order valence-electron chi connectivity index (χ2n) is 9.39. The van der Waals surface area contributed by atoms with Crippen LogP contribution in [-0.2, 0) is 11.2 Å². The molecule has 1 atom stereocenters. The Kier molecular flexibility index (Phi) is 5.71. The number of pyridine rings is 1. The number of nitrogens with zero attached hydrogens (tertiary/aromatic N) is 2. The van der Waals surface area contributed by atoms with Gasteiger partial charge in [0.25, 0.3) is 5.91 Å². The molecule has 1 aromatic heterocycles. The number of carbonyl (C=O) groups excluding carboxylic acids is 2. The molecule has 1 saturated heterocycles. The number of amides is 2. The van der Waals surface area contributed by atoms with Gasteiger partial charge in [-0.15, -0.1) is 0 Å². The fraction of sp³-hybridized carbons (Fsp3) is 0.321. The Bertz CT molecular complexity index is 1240. The van der Waals surface area contributed by atoms with E-state index < -0.39 is 0 Å². The van der Waals surface area contributed by atoms with Crippen LogP contribution in [0.2, 0.25) is 0 Å². The number of likely N-dealkylation sites (tertiary alicyclic amines) is 1. The third kappa shape index (κ3) is 4.15. The summed E-state index contributed by atoms with van der Waals surface area (Å²) in [6.07, 6.45) is 5.23. The summed E-state index contributed by atoms with van der Waals surface area (Å²) in [7, 11) is 0. The molecule has 2 aromatic carbocycles. The lowest BCUT2D eigenvalue weighted by Gasteiger charge is -2.33. The average molecular weight is 440 g/mol. The fourth-order valence-electron chi connectivity index (χ4n) is 5.26. The van der Waals surface area contributed by atoms with Gasteiger partial charge < -0.3 is 10.6 Å². The standard InChI is InChI=1S/C28H29N3O2/c1-18-15-21(17-19-7-3-2-4-8-19)26-23(16-18)25(22-9-5-6-10-24(22)30-26)28(33)31-13-11-20(12-14-31)27(29)32/h2-10,17-18,20H,11-16H2,1H3,(H2,29,32)/b21-17+. The highest BCUT2D eigenvalue weighted by Crippen LogP contribution is 2.39. The van der Waals surface area contributed by atoms with Gasteiger partial charge in [-0.05, 0) is 60.4 Å². The van der Waals surface area contributed by atoms with Crippen LogP contribution >= 0.6 is 0 Å². The Balaban J connectivity index is 1.62. The van der Waals surface area contributed by atoms with Gasteiger partial charge in [0.2, 0.25) is 5.91 Å². The van der Waals surface area contributed by atoms with Crippen molar-refractivity contribution in [3.8, 4) is 0 Å². The van der Waals surface area contributed by atoms with Gasteiger partial charge in [-0.3, -0.25) is 9.59 Å². The molecule has 3 aromatic rings. The Hall–Kier alpha value is -3.47. The molecule has 5 rings (SSSR count). The van der Waals surface area contributed by atoms with E-state index >= 15 is 0 Å². The van der Waals surface area contributed by atoms with Gasteiger partial charge in [0.1, 0.15) is 0 Å². The van der Waals surface area contributed by atoms with Crippen LogP contribution in [0.3, 0.4) is 0 Å². The molecule has 168 valence electrons. The van der Waals surface area contributed by atoms with E-state index in [9.17, 15) is 9.59 Å². The molecule has 0 spiro atoms. The molecule has 5 heteroatoms. The molecule has 1 unspecified atom stereocenters. The number of nitrogens with two attached hydrogens (primary N) is 1. The predicted molar refractivity (Wildman–Crippen MR) is 131 cm³/mol. The van der Waals surface area contributed by atoms with Crippen LogP contribution in [0.15, 0.2) is 54.6 Å². The van der Waals surface area contributed by atoms with E-state index in [1.54, 1.807) is 0 Å². The topological polar surface area (TPSA) is 76.3 Å². The van der Waals surface area contributed by atoms with E-state index in [1.165, 1.54) is 5.57 Å². The highest BCUT2D eigenvalue weighted by molar-refractivity contribution is 6.09. The Morgan fingerprint density at radius 1 is 1.00 bits per heavy atom. The lowest BCUT2D eigenvalue weighted by atomic mass is 9.80. The summed E-state index contributed by atoms with van der Waals surface area (Å²) in [5, 5.41) is 0.909. The van der Waals surface area contributed by atoms with Crippen LogP contribution in [0.25, 0.3) is 22.6 Å². The summed E-state index contributed by atoms with van der Waals surface area (Å²) in [4.78, 5) is 32.4. The van der Waals surface area contributed by atoms with E-state index in [-0.39, 0.29) is 17.7 Å². The van der Waals surface area contributed by atoms with Gasteiger partial charge >= 0.3 is 0 Å². The number of primary amides is 1. The van der Waals surface area contributed by atoms with Crippen molar-refractivity contribution in [3.63, 3.8) is 0 Å². The third-order valence-corrected chi connectivity index (χ3v) is 6.96. The van der Waals surface area contributed by atoms with Gasteiger partial charge in [-0.2, -0.15) is 0 Å². The largest absolute Gasteiger partial charge is 0.369 e. The first kappa shape index (κ1) is 21.4. The molecule has 2 heterocycles. The molecular weight excluding hydrogens is 410 g/mol. The smallest absolute Gasteiger partial charge is 0.254 e. The molecule has 0 radical (unpaired) electrons. The number of para-hydroxylation sites is 1. The molecular formula is C28H29N3O2. The highest BCUT2D eigenvalue weighted by Gasteiger charge is 2.32. The number of piperidine rings is 1. The number of fused-ring (bicyclic) bond motifs is 2. The van der Waals surface area contributed by atoms with Gasteiger partial charge in [0.15, 0.2) is 0 Å². The second kappa shape index (κ2) is 8.81.